The zero-order valence-corrected chi connectivity index (χ0v) is 12.5. The molecule has 0 aliphatic heterocycles. The molecule has 0 amide bonds. The molecular weight excluding hydrogens is 286 g/mol. The first-order chi connectivity index (χ1) is 8.70. The second-order valence-corrected chi connectivity index (χ2v) is 5.20. The van der Waals surface area contributed by atoms with Gasteiger partial charge in [-0.25, -0.2) is 0 Å². The third kappa shape index (κ3) is 2.17. The lowest BCUT2D eigenvalue weighted by molar-refractivity contribution is 0.975. The summed E-state index contributed by atoms with van der Waals surface area (Å²) in [5.41, 5.74) is 6.48. The number of nitrogens with one attached hydrogen (secondary N) is 1. The molecule has 2 rings (SSSR count). The fourth-order valence-corrected chi connectivity index (χ4v) is 3.38. The highest BCUT2D eigenvalue weighted by Gasteiger charge is 2.18. The van der Waals surface area contributed by atoms with E-state index in [1.54, 1.807) is 0 Å². The highest BCUT2D eigenvalue weighted by molar-refractivity contribution is 9.10. The number of allylic oxidation sites excluding steroid dienone is 3. The van der Waals surface area contributed by atoms with Crippen LogP contribution in [0, 0.1) is 6.92 Å². The summed E-state index contributed by atoms with van der Waals surface area (Å²) < 4.78 is 1.21. The van der Waals surface area contributed by atoms with Crippen LogP contribution in [0.4, 0.5) is 5.69 Å². The topological polar surface area (TPSA) is 12.0 Å². The molecule has 1 aromatic carbocycles. The van der Waals surface area contributed by atoms with E-state index < -0.39 is 0 Å². The van der Waals surface area contributed by atoms with Crippen LogP contribution < -0.4 is 5.32 Å². The first-order valence-corrected chi connectivity index (χ1v) is 6.98. The minimum atomic E-state index is 1.09. The normalized spacial score (nSPS) is 13.7. The van der Waals surface area contributed by atoms with Crippen molar-refractivity contribution in [1.82, 2.24) is 0 Å². The van der Waals surface area contributed by atoms with E-state index in [9.17, 15) is 0 Å². The Hall–Kier alpha value is -1.28. The Kier molecular flexibility index (Phi) is 4.07. The number of benzene rings is 1. The average Bonchev–Trinajstić information content (AvgIpc) is 2.39. The van der Waals surface area contributed by atoms with Gasteiger partial charge in [-0.2, -0.15) is 0 Å². The van der Waals surface area contributed by atoms with Crippen molar-refractivity contribution in [3.8, 4) is 0 Å². The van der Waals surface area contributed by atoms with Gasteiger partial charge >= 0.3 is 0 Å². The zero-order valence-electron chi connectivity index (χ0n) is 10.9. The van der Waals surface area contributed by atoms with Gasteiger partial charge in [0.25, 0.3) is 0 Å². The molecule has 1 aliphatic carbocycles. The molecular formula is C16H18BrN. The van der Waals surface area contributed by atoms with Gasteiger partial charge in [0, 0.05) is 11.5 Å². The van der Waals surface area contributed by atoms with Crippen molar-refractivity contribution in [1.29, 1.82) is 0 Å². The van der Waals surface area contributed by atoms with Gasteiger partial charge in [-0.3, -0.25) is 0 Å². The first-order valence-electron chi connectivity index (χ1n) is 6.19. The molecule has 0 saturated carbocycles. The number of halogens is 1. The lowest BCUT2D eigenvalue weighted by Crippen LogP contribution is -2.05. The van der Waals surface area contributed by atoms with Crippen molar-refractivity contribution in [2.24, 2.45) is 0 Å². The molecule has 18 heavy (non-hydrogen) atoms. The predicted molar refractivity (Wildman–Crippen MR) is 85.0 cm³/mol. The fourth-order valence-electron chi connectivity index (χ4n) is 2.47. The summed E-state index contributed by atoms with van der Waals surface area (Å²) in [4.78, 5) is 0. The zero-order chi connectivity index (χ0) is 13.1. The van der Waals surface area contributed by atoms with Crippen LogP contribution in [0.15, 0.2) is 29.3 Å². The average molecular weight is 304 g/mol. The molecule has 0 aromatic heterocycles. The standard InChI is InChI=1S/C16H18BrN/c1-4-5-8-12-11(2)16(18-3)15(17)14-10-7-6-9-13(12)14/h4-6,8-9,18H,1,7,10H2,2-3H3/b8-5-. The van der Waals surface area contributed by atoms with Gasteiger partial charge in [0.1, 0.15) is 0 Å². The van der Waals surface area contributed by atoms with Gasteiger partial charge in [-0.15, -0.1) is 0 Å². The molecule has 2 heteroatoms. The maximum absolute atomic E-state index is 3.75. The van der Waals surface area contributed by atoms with E-state index in [4.69, 9.17) is 0 Å². The number of hydrogen-bond donors (Lipinski definition) is 1. The summed E-state index contributed by atoms with van der Waals surface area (Å²) >= 11 is 3.74. The van der Waals surface area contributed by atoms with Crippen LogP contribution in [-0.2, 0) is 6.42 Å². The number of fused-ring (bicyclic) bond motifs is 1. The molecule has 0 spiro atoms. The van der Waals surface area contributed by atoms with Crippen LogP contribution in [0.5, 0.6) is 0 Å². The largest absolute Gasteiger partial charge is 0.387 e. The van der Waals surface area contributed by atoms with Gasteiger partial charge < -0.3 is 5.32 Å². The van der Waals surface area contributed by atoms with Gasteiger partial charge in [-0.1, -0.05) is 37.0 Å². The summed E-state index contributed by atoms with van der Waals surface area (Å²) in [6, 6.07) is 0. The van der Waals surface area contributed by atoms with Crippen molar-refractivity contribution in [2.45, 2.75) is 19.8 Å². The lowest BCUT2D eigenvalue weighted by atomic mass is 9.89. The summed E-state index contributed by atoms with van der Waals surface area (Å²) in [7, 11) is 1.97. The second-order valence-electron chi connectivity index (χ2n) is 4.41. The van der Waals surface area contributed by atoms with E-state index in [-0.39, 0.29) is 0 Å². The summed E-state index contributed by atoms with van der Waals surface area (Å²) in [5.74, 6) is 0. The molecule has 0 heterocycles. The third-order valence-electron chi connectivity index (χ3n) is 3.37. The molecule has 0 radical (unpaired) electrons. The lowest BCUT2D eigenvalue weighted by Gasteiger charge is -2.21. The van der Waals surface area contributed by atoms with E-state index in [0.717, 1.165) is 12.8 Å². The molecule has 0 unspecified atom stereocenters. The Morgan fingerprint density at radius 3 is 2.89 bits per heavy atom. The van der Waals surface area contributed by atoms with E-state index in [1.807, 2.05) is 19.2 Å². The second kappa shape index (κ2) is 5.57. The van der Waals surface area contributed by atoms with Gasteiger partial charge in [0.05, 0.1) is 5.69 Å². The summed E-state index contributed by atoms with van der Waals surface area (Å²) in [5, 5.41) is 3.30. The van der Waals surface area contributed by atoms with Gasteiger partial charge in [-0.05, 0) is 57.9 Å². The Labute approximate surface area is 117 Å². The molecule has 1 aromatic rings. The number of rotatable bonds is 3. The highest BCUT2D eigenvalue weighted by Crippen LogP contribution is 2.39. The van der Waals surface area contributed by atoms with Crippen molar-refractivity contribution in [3.05, 3.63) is 51.5 Å². The molecule has 94 valence electrons. The van der Waals surface area contributed by atoms with Crippen LogP contribution in [-0.4, -0.2) is 7.05 Å². The Balaban J connectivity index is 2.75. The van der Waals surface area contributed by atoms with Crippen LogP contribution in [0.3, 0.4) is 0 Å². The maximum Gasteiger partial charge on any atom is 0.0521 e. The van der Waals surface area contributed by atoms with E-state index in [1.165, 1.54) is 32.4 Å². The molecule has 1 N–H and O–H groups in total. The minimum Gasteiger partial charge on any atom is -0.387 e. The molecule has 0 atom stereocenters. The highest BCUT2D eigenvalue weighted by atomic mass is 79.9. The molecule has 1 nitrogen and oxygen atoms in total. The molecule has 0 fully saturated rings. The Bertz CT molecular complexity index is 539. The third-order valence-corrected chi connectivity index (χ3v) is 4.25. The van der Waals surface area contributed by atoms with Crippen molar-refractivity contribution >= 4 is 33.8 Å². The van der Waals surface area contributed by atoms with Crippen LogP contribution >= 0.6 is 15.9 Å². The van der Waals surface area contributed by atoms with Crippen LogP contribution in [0.2, 0.25) is 0 Å². The molecule has 0 saturated heterocycles. The predicted octanol–water partition coefficient (Wildman–Crippen LogP) is 4.96. The number of hydrogen-bond acceptors (Lipinski definition) is 1. The number of anilines is 1. The van der Waals surface area contributed by atoms with Gasteiger partial charge in [0.15, 0.2) is 0 Å². The smallest absolute Gasteiger partial charge is 0.0521 e. The van der Waals surface area contributed by atoms with Crippen molar-refractivity contribution in [3.63, 3.8) is 0 Å². The van der Waals surface area contributed by atoms with Crippen LogP contribution in [0.1, 0.15) is 28.7 Å². The van der Waals surface area contributed by atoms with E-state index >= 15 is 0 Å². The molecule has 0 bridgehead atoms. The van der Waals surface area contributed by atoms with Crippen molar-refractivity contribution < 1.29 is 0 Å². The van der Waals surface area contributed by atoms with E-state index in [0.29, 0.717) is 0 Å². The summed E-state index contributed by atoms with van der Waals surface area (Å²) in [6.45, 7) is 5.90. The fraction of sp³-hybridized carbons (Fsp3) is 0.250. The SMILES string of the molecule is C=C/C=C\c1c(C)c(NC)c(Br)c2c1C=CCC2. The van der Waals surface area contributed by atoms with Crippen LogP contribution in [0.25, 0.3) is 12.2 Å². The molecule has 1 aliphatic rings. The van der Waals surface area contributed by atoms with E-state index in [2.05, 4.69) is 53.0 Å². The summed E-state index contributed by atoms with van der Waals surface area (Å²) in [6.07, 6.45) is 12.7. The quantitative estimate of drug-likeness (QED) is 0.778. The first kappa shape index (κ1) is 13.2. The monoisotopic (exact) mass is 303 g/mol. The Morgan fingerprint density at radius 1 is 1.44 bits per heavy atom. The van der Waals surface area contributed by atoms with Gasteiger partial charge in [0.2, 0.25) is 0 Å². The van der Waals surface area contributed by atoms with Crippen molar-refractivity contribution in [2.75, 3.05) is 12.4 Å². The Morgan fingerprint density at radius 2 is 2.22 bits per heavy atom. The maximum atomic E-state index is 3.75. The minimum absolute atomic E-state index is 1.09.